The molecule has 0 aliphatic carbocycles. The van der Waals surface area contributed by atoms with Crippen molar-refractivity contribution in [1.82, 2.24) is 9.55 Å². The molecule has 0 aliphatic heterocycles. The zero-order valence-corrected chi connectivity index (χ0v) is 10.7. The van der Waals surface area contributed by atoms with Gasteiger partial charge >= 0.3 is 0 Å². The van der Waals surface area contributed by atoms with Crippen molar-refractivity contribution in [2.24, 2.45) is 7.05 Å². The number of hydrogen-bond acceptors (Lipinski definition) is 3. The van der Waals surface area contributed by atoms with Crippen LogP contribution in [0, 0.1) is 11.3 Å². The topological polar surface area (TPSA) is 50.8 Å². The van der Waals surface area contributed by atoms with E-state index in [0.717, 1.165) is 5.82 Å². The van der Waals surface area contributed by atoms with Crippen LogP contribution in [0.3, 0.4) is 0 Å². The van der Waals surface area contributed by atoms with Crippen LogP contribution in [0.25, 0.3) is 0 Å². The maximum Gasteiger partial charge on any atom is 0.138 e. The predicted octanol–water partition coefficient (Wildman–Crippen LogP) is 2.57. The summed E-state index contributed by atoms with van der Waals surface area (Å²) in [6.07, 6.45) is 4.31. The van der Waals surface area contributed by atoms with Crippen LogP contribution in [0.5, 0.6) is 5.75 Å². The fourth-order valence-electron chi connectivity index (χ4n) is 1.62. The van der Waals surface area contributed by atoms with Crippen LogP contribution in [0.2, 0.25) is 5.02 Å². The van der Waals surface area contributed by atoms with Crippen LogP contribution < -0.4 is 4.74 Å². The summed E-state index contributed by atoms with van der Waals surface area (Å²) in [5.74, 6) is 1.45. The van der Waals surface area contributed by atoms with E-state index in [9.17, 15) is 0 Å². The van der Waals surface area contributed by atoms with Crippen molar-refractivity contribution in [3.8, 4) is 11.8 Å². The highest BCUT2D eigenvalue weighted by atomic mass is 35.5. The molecule has 0 amide bonds. The second-order valence-electron chi connectivity index (χ2n) is 3.78. The highest BCUT2D eigenvalue weighted by Crippen LogP contribution is 2.25. The minimum atomic E-state index is 0.374. The zero-order chi connectivity index (χ0) is 13.0. The number of hydrogen-bond donors (Lipinski definition) is 0. The third-order valence-corrected chi connectivity index (χ3v) is 2.91. The number of ether oxygens (including phenoxy) is 1. The molecule has 92 valence electrons. The van der Waals surface area contributed by atoms with Gasteiger partial charge in [-0.1, -0.05) is 17.7 Å². The molecule has 4 nitrogen and oxygen atoms in total. The first-order valence-corrected chi connectivity index (χ1v) is 5.88. The Morgan fingerprint density at radius 2 is 2.33 bits per heavy atom. The molecule has 0 fully saturated rings. The summed E-state index contributed by atoms with van der Waals surface area (Å²) >= 11 is 5.91. The van der Waals surface area contributed by atoms with E-state index in [-0.39, 0.29) is 0 Å². The predicted molar refractivity (Wildman–Crippen MR) is 68.6 cm³/mol. The lowest BCUT2D eigenvalue weighted by atomic mass is 10.2. The Labute approximate surface area is 110 Å². The molecule has 0 saturated heterocycles. The quantitative estimate of drug-likeness (QED) is 0.850. The number of imidazole rings is 1. The Morgan fingerprint density at radius 1 is 1.50 bits per heavy atom. The van der Waals surface area contributed by atoms with E-state index in [2.05, 4.69) is 4.98 Å². The lowest BCUT2D eigenvalue weighted by Crippen LogP contribution is -2.07. The normalized spacial score (nSPS) is 10.1. The largest absolute Gasteiger partial charge is 0.492 e. The first-order valence-electron chi connectivity index (χ1n) is 5.50. The number of aryl methyl sites for hydroxylation is 1. The molecule has 0 bridgehead atoms. The van der Waals surface area contributed by atoms with Crippen LogP contribution in [0.4, 0.5) is 0 Å². The average molecular weight is 262 g/mol. The van der Waals surface area contributed by atoms with Gasteiger partial charge in [-0.3, -0.25) is 0 Å². The number of rotatable bonds is 4. The highest BCUT2D eigenvalue weighted by Gasteiger charge is 2.07. The summed E-state index contributed by atoms with van der Waals surface area (Å²) in [5.41, 5.74) is 0.374. The summed E-state index contributed by atoms with van der Waals surface area (Å²) in [5, 5.41) is 9.41. The second kappa shape index (κ2) is 5.56. The molecule has 5 heteroatoms. The van der Waals surface area contributed by atoms with Crippen LogP contribution in [-0.4, -0.2) is 16.2 Å². The van der Waals surface area contributed by atoms with E-state index in [1.165, 1.54) is 0 Å². The van der Waals surface area contributed by atoms with Crippen LogP contribution >= 0.6 is 11.6 Å². The third-order valence-electron chi connectivity index (χ3n) is 2.59. The zero-order valence-electron chi connectivity index (χ0n) is 9.93. The molecule has 18 heavy (non-hydrogen) atoms. The number of nitrogens with zero attached hydrogens (tertiary/aromatic N) is 3. The summed E-state index contributed by atoms with van der Waals surface area (Å²) < 4.78 is 7.51. The van der Waals surface area contributed by atoms with Gasteiger partial charge < -0.3 is 9.30 Å². The first-order chi connectivity index (χ1) is 8.72. The molecule has 0 unspecified atom stereocenters. The lowest BCUT2D eigenvalue weighted by Gasteiger charge is -2.08. The molecular formula is C13H12ClN3O. The summed E-state index contributed by atoms with van der Waals surface area (Å²) in [6, 6.07) is 7.22. The molecule has 0 N–H and O–H groups in total. The minimum absolute atomic E-state index is 0.374. The van der Waals surface area contributed by atoms with E-state index in [0.29, 0.717) is 29.4 Å². The van der Waals surface area contributed by atoms with Gasteiger partial charge in [0.25, 0.3) is 0 Å². The van der Waals surface area contributed by atoms with Gasteiger partial charge in [-0.15, -0.1) is 0 Å². The van der Waals surface area contributed by atoms with Gasteiger partial charge in [0.2, 0.25) is 0 Å². The standard InChI is InChI=1S/C13H12ClN3O/c1-17-7-6-16-13(17)5-8-18-12-4-2-3-11(14)10(12)9-15/h2-4,6-7H,5,8H2,1H3. The van der Waals surface area contributed by atoms with Crippen molar-refractivity contribution in [2.75, 3.05) is 6.61 Å². The van der Waals surface area contributed by atoms with Crippen molar-refractivity contribution in [3.05, 3.63) is 47.0 Å². The summed E-state index contributed by atoms with van der Waals surface area (Å²) in [4.78, 5) is 4.20. The summed E-state index contributed by atoms with van der Waals surface area (Å²) in [6.45, 7) is 0.458. The van der Waals surface area contributed by atoms with E-state index in [1.807, 2.05) is 23.9 Å². The number of nitriles is 1. The molecule has 2 rings (SSSR count). The molecule has 1 aromatic carbocycles. The number of halogens is 1. The fourth-order valence-corrected chi connectivity index (χ4v) is 1.83. The first kappa shape index (κ1) is 12.5. The van der Waals surface area contributed by atoms with Crippen molar-refractivity contribution in [3.63, 3.8) is 0 Å². The molecule has 0 atom stereocenters. The van der Waals surface area contributed by atoms with Crippen LogP contribution in [-0.2, 0) is 13.5 Å². The number of aromatic nitrogens is 2. The maximum absolute atomic E-state index is 9.00. The molecule has 0 radical (unpaired) electrons. The van der Waals surface area contributed by atoms with Gasteiger partial charge in [0.1, 0.15) is 23.2 Å². The van der Waals surface area contributed by atoms with Crippen molar-refractivity contribution in [1.29, 1.82) is 5.26 Å². The Morgan fingerprint density at radius 3 is 3.00 bits per heavy atom. The Kier molecular flexibility index (Phi) is 3.85. The van der Waals surface area contributed by atoms with Crippen molar-refractivity contribution in [2.45, 2.75) is 6.42 Å². The minimum Gasteiger partial charge on any atom is -0.492 e. The van der Waals surface area contributed by atoms with Crippen molar-refractivity contribution < 1.29 is 4.74 Å². The Balaban J connectivity index is 2.01. The monoisotopic (exact) mass is 261 g/mol. The van der Waals surface area contributed by atoms with Crippen LogP contribution in [0.1, 0.15) is 11.4 Å². The van der Waals surface area contributed by atoms with Gasteiger partial charge in [-0.25, -0.2) is 4.98 Å². The molecular weight excluding hydrogens is 250 g/mol. The molecule has 0 aliphatic rings. The van der Waals surface area contributed by atoms with Gasteiger partial charge in [0.15, 0.2) is 0 Å². The van der Waals surface area contributed by atoms with E-state index >= 15 is 0 Å². The van der Waals surface area contributed by atoms with E-state index in [4.69, 9.17) is 21.6 Å². The average Bonchev–Trinajstić information content (AvgIpc) is 2.75. The molecule has 0 spiro atoms. The molecule has 0 saturated carbocycles. The van der Waals surface area contributed by atoms with Crippen molar-refractivity contribution >= 4 is 11.6 Å². The molecule has 1 heterocycles. The van der Waals surface area contributed by atoms with Gasteiger partial charge in [-0.2, -0.15) is 5.26 Å². The smallest absolute Gasteiger partial charge is 0.138 e. The second-order valence-corrected chi connectivity index (χ2v) is 4.18. The third kappa shape index (κ3) is 2.63. The molecule has 1 aromatic heterocycles. The lowest BCUT2D eigenvalue weighted by molar-refractivity contribution is 0.316. The van der Waals surface area contributed by atoms with Gasteiger partial charge in [0.05, 0.1) is 11.6 Å². The van der Waals surface area contributed by atoms with E-state index in [1.54, 1.807) is 24.4 Å². The Hall–Kier alpha value is -1.99. The maximum atomic E-state index is 9.00. The SMILES string of the molecule is Cn1ccnc1CCOc1cccc(Cl)c1C#N. The fraction of sp³-hybridized carbons (Fsp3) is 0.231. The van der Waals surface area contributed by atoms with E-state index < -0.39 is 0 Å². The van der Waals surface area contributed by atoms with Gasteiger partial charge in [0, 0.05) is 25.9 Å². The number of benzene rings is 1. The highest BCUT2D eigenvalue weighted by molar-refractivity contribution is 6.31. The summed E-state index contributed by atoms with van der Waals surface area (Å²) in [7, 11) is 1.93. The van der Waals surface area contributed by atoms with Gasteiger partial charge in [-0.05, 0) is 12.1 Å². The Bertz CT molecular complexity index is 586. The van der Waals surface area contributed by atoms with Crippen LogP contribution in [0.15, 0.2) is 30.6 Å². The molecule has 2 aromatic rings.